The van der Waals surface area contributed by atoms with Crippen molar-refractivity contribution in [2.24, 2.45) is 0 Å². The van der Waals surface area contributed by atoms with E-state index in [1.807, 2.05) is 18.2 Å². The van der Waals surface area contributed by atoms with Gasteiger partial charge < -0.3 is 4.74 Å². The van der Waals surface area contributed by atoms with Gasteiger partial charge >= 0.3 is 0 Å². The number of ether oxygens (including phenoxy) is 1. The van der Waals surface area contributed by atoms with E-state index >= 15 is 0 Å². The smallest absolute Gasteiger partial charge is 0.123 e. The molecule has 2 aromatic carbocycles. The number of hydrogen-bond acceptors (Lipinski definition) is 2. The number of halogens is 2. The molecular weight excluding hydrogens is 329 g/mol. The van der Waals surface area contributed by atoms with Crippen molar-refractivity contribution >= 4 is 34.9 Å². The first-order valence-corrected chi connectivity index (χ1v) is 8.03. The third-order valence-electron chi connectivity index (χ3n) is 3.74. The zero-order valence-corrected chi connectivity index (χ0v) is 14.4. The third-order valence-corrected chi connectivity index (χ3v) is 4.29. The first-order valence-electron chi connectivity index (χ1n) is 7.27. The Morgan fingerprint density at radius 2 is 2.00 bits per heavy atom. The maximum atomic E-state index is 9.48. The van der Waals surface area contributed by atoms with Gasteiger partial charge in [-0.05, 0) is 55.3 Å². The van der Waals surface area contributed by atoms with Crippen LogP contribution in [0.4, 0.5) is 0 Å². The van der Waals surface area contributed by atoms with Crippen molar-refractivity contribution in [2.45, 2.75) is 25.9 Å². The van der Waals surface area contributed by atoms with E-state index in [9.17, 15) is 5.26 Å². The number of benzene rings is 2. The second kappa shape index (κ2) is 5.92. The van der Waals surface area contributed by atoms with Crippen LogP contribution in [0.25, 0.3) is 11.6 Å². The van der Waals surface area contributed by atoms with Gasteiger partial charge in [0.2, 0.25) is 0 Å². The van der Waals surface area contributed by atoms with E-state index in [1.54, 1.807) is 18.2 Å². The summed E-state index contributed by atoms with van der Waals surface area (Å²) in [7, 11) is 0. The highest BCUT2D eigenvalue weighted by molar-refractivity contribution is 6.36. The van der Waals surface area contributed by atoms with Crippen molar-refractivity contribution < 1.29 is 4.74 Å². The van der Waals surface area contributed by atoms with Gasteiger partial charge in [-0.25, -0.2) is 0 Å². The van der Waals surface area contributed by atoms with E-state index in [0.29, 0.717) is 21.2 Å². The molecule has 1 heterocycles. The molecule has 0 saturated carbocycles. The van der Waals surface area contributed by atoms with Crippen LogP contribution in [-0.2, 0) is 6.42 Å². The van der Waals surface area contributed by atoms with Crippen LogP contribution in [0.5, 0.6) is 5.75 Å². The van der Waals surface area contributed by atoms with Crippen LogP contribution < -0.4 is 4.74 Å². The van der Waals surface area contributed by atoms with Crippen LogP contribution in [0.3, 0.4) is 0 Å². The molecular formula is C19H15Cl2NO. The molecule has 0 fully saturated rings. The highest BCUT2D eigenvalue weighted by Crippen LogP contribution is 2.36. The van der Waals surface area contributed by atoms with Gasteiger partial charge in [0.05, 0.1) is 16.7 Å². The van der Waals surface area contributed by atoms with Gasteiger partial charge in [0.25, 0.3) is 0 Å². The second-order valence-corrected chi connectivity index (χ2v) is 7.04. The van der Waals surface area contributed by atoms with Crippen LogP contribution in [0.1, 0.15) is 30.5 Å². The van der Waals surface area contributed by atoms with Crippen molar-refractivity contribution in [2.75, 3.05) is 0 Å². The van der Waals surface area contributed by atoms with Gasteiger partial charge in [-0.1, -0.05) is 35.3 Å². The minimum Gasteiger partial charge on any atom is -0.487 e. The molecule has 23 heavy (non-hydrogen) atoms. The molecule has 0 amide bonds. The molecule has 1 aliphatic heterocycles. The largest absolute Gasteiger partial charge is 0.487 e. The molecule has 0 spiro atoms. The average molecular weight is 344 g/mol. The van der Waals surface area contributed by atoms with Gasteiger partial charge in [-0.3, -0.25) is 0 Å². The summed E-state index contributed by atoms with van der Waals surface area (Å²) in [4.78, 5) is 0. The number of allylic oxidation sites excluding steroid dienone is 1. The Kier molecular flexibility index (Phi) is 4.10. The summed E-state index contributed by atoms with van der Waals surface area (Å²) in [5, 5.41) is 10.5. The van der Waals surface area contributed by atoms with Crippen LogP contribution in [-0.4, -0.2) is 5.60 Å². The summed E-state index contributed by atoms with van der Waals surface area (Å²) in [6, 6.07) is 13.3. The van der Waals surface area contributed by atoms with Crippen LogP contribution >= 0.6 is 23.2 Å². The lowest BCUT2D eigenvalue weighted by Gasteiger charge is -2.16. The Morgan fingerprint density at radius 3 is 2.70 bits per heavy atom. The zero-order valence-electron chi connectivity index (χ0n) is 12.9. The van der Waals surface area contributed by atoms with E-state index in [1.165, 1.54) is 0 Å². The van der Waals surface area contributed by atoms with E-state index in [0.717, 1.165) is 23.3 Å². The Labute approximate surface area is 145 Å². The Hall–Kier alpha value is -1.95. The Morgan fingerprint density at radius 1 is 1.22 bits per heavy atom. The van der Waals surface area contributed by atoms with Crippen LogP contribution in [0.2, 0.25) is 10.0 Å². The van der Waals surface area contributed by atoms with Crippen LogP contribution in [0.15, 0.2) is 36.4 Å². The Balaban J connectivity index is 1.99. The lowest BCUT2D eigenvalue weighted by molar-refractivity contribution is 0.138. The first-order chi connectivity index (χ1) is 10.9. The number of fused-ring (bicyclic) bond motifs is 1. The molecule has 0 atom stereocenters. The molecule has 0 aliphatic carbocycles. The number of nitriles is 1. The predicted octanol–water partition coefficient (Wildman–Crippen LogP) is 5.77. The maximum absolute atomic E-state index is 9.48. The molecule has 0 aromatic heterocycles. The summed E-state index contributed by atoms with van der Waals surface area (Å²) >= 11 is 12.1. The molecule has 1 aliphatic rings. The fraction of sp³-hybridized carbons (Fsp3) is 0.211. The standard InChI is InChI=1S/C19H15Cl2NO/c1-19(2)10-13-7-12(3-6-18(13)23-19)8-14(11-22)16-5-4-15(20)9-17(16)21/h3-9H,10H2,1-2H3/b14-8+. The monoisotopic (exact) mass is 343 g/mol. The molecule has 3 rings (SSSR count). The predicted molar refractivity (Wildman–Crippen MR) is 94.8 cm³/mol. The molecule has 4 heteroatoms. The lowest BCUT2D eigenvalue weighted by atomic mass is 9.98. The summed E-state index contributed by atoms with van der Waals surface area (Å²) < 4.78 is 5.88. The fourth-order valence-electron chi connectivity index (χ4n) is 2.76. The van der Waals surface area contributed by atoms with Crippen LogP contribution in [0, 0.1) is 11.3 Å². The van der Waals surface area contributed by atoms with Crippen molar-refractivity contribution in [3.05, 3.63) is 63.1 Å². The van der Waals surface area contributed by atoms with Gasteiger partial charge in [0, 0.05) is 17.0 Å². The molecule has 0 bridgehead atoms. The van der Waals surface area contributed by atoms with Gasteiger partial charge in [0.15, 0.2) is 0 Å². The highest BCUT2D eigenvalue weighted by Gasteiger charge is 2.29. The fourth-order valence-corrected chi connectivity index (χ4v) is 3.27. The van der Waals surface area contributed by atoms with Crippen molar-refractivity contribution in [3.8, 4) is 11.8 Å². The second-order valence-electron chi connectivity index (χ2n) is 6.20. The van der Waals surface area contributed by atoms with Gasteiger partial charge in [-0.2, -0.15) is 5.26 Å². The molecule has 2 nitrogen and oxygen atoms in total. The summed E-state index contributed by atoms with van der Waals surface area (Å²) in [6.45, 7) is 4.13. The Bertz CT molecular complexity index is 847. The van der Waals surface area contributed by atoms with Gasteiger partial charge in [-0.15, -0.1) is 0 Å². The van der Waals surface area contributed by atoms with Crippen molar-refractivity contribution in [1.29, 1.82) is 5.26 Å². The minimum atomic E-state index is -0.178. The molecule has 0 radical (unpaired) electrons. The SMILES string of the molecule is CC1(C)Cc2cc(/C=C(\C#N)c3ccc(Cl)cc3Cl)ccc2O1. The number of nitrogens with zero attached hydrogens (tertiary/aromatic N) is 1. The molecule has 0 unspecified atom stereocenters. The van der Waals surface area contributed by atoms with E-state index in [2.05, 4.69) is 26.0 Å². The number of rotatable bonds is 2. The average Bonchev–Trinajstić information content (AvgIpc) is 2.78. The molecule has 2 aromatic rings. The highest BCUT2D eigenvalue weighted by atomic mass is 35.5. The molecule has 0 saturated heterocycles. The minimum absolute atomic E-state index is 0.178. The third kappa shape index (κ3) is 3.37. The van der Waals surface area contributed by atoms with Gasteiger partial charge in [0.1, 0.15) is 11.4 Å². The summed E-state index contributed by atoms with van der Waals surface area (Å²) in [6.07, 6.45) is 2.69. The number of hydrogen-bond donors (Lipinski definition) is 0. The van der Waals surface area contributed by atoms with E-state index in [4.69, 9.17) is 27.9 Å². The normalized spacial score (nSPS) is 15.7. The van der Waals surface area contributed by atoms with E-state index in [-0.39, 0.29) is 5.60 Å². The van der Waals surface area contributed by atoms with Crippen molar-refractivity contribution in [3.63, 3.8) is 0 Å². The summed E-state index contributed by atoms with van der Waals surface area (Å²) in [5.41, 5.74) is 3.11. The molecule has 0 N–H and O–H groups in total. The maximum Gasteiger partial charge on any atom is 0.123 e. The topological polar surface area (TPSA) is 33.0 Å². The van der Waals surface area contributed by atoms with Crippen molar-refractivity contribution in [1.82, 2.24) is 0 Å². The van der Waals surface area contributed by atoms with E-state index < -0.39 is 0 Å². The summed E-state index contributed by atoms with van der Waals surface area (Å²) in [5.74, 6) is 0.912. The molecule has 116 valence electrons. The first kappa shape index (κ1) is 15.9. The lowest BCUT2D eigenvalue weighted by Crippen LogP contribution is -2.24. The quantitative estimate of drug-likeness (QED) is 0.512. The zero-order chi connectivity index (χ0) is 16.6.